The molecule has 13 heavy (non-hydrogen) atoms. The number of pyridine rings is 1. The van der Waals surface area contributed by atoms with Gasteiger partial charge in [0.15, 0.2) is 0 Å². The minimum atomic E-state index is -0.601. The Hall–Kier alpha value is -1.16. The number of carbonyl (C=O) groups is 1. The van der Waals surface area contributed by atoms with E-state index in [1.54, 1.807) is 12.1 Å². The Morgan fingerprint density at radius 1 is 1.69 bits per heavy atom. The molecule has 0 unspecified atom stereocenters. The molecule has 0 saturated carbocycles. The minimum absolute atomic E-state index is 0.0221. The van der Waals surface area contributed by atoms with Gasteiger partial charge in [-0.25, -0.2) is 9.37 Å². The van der Waals surface area contributed by atoms with Crippen molar-refractivity contribution in [3.63, 3.8) is 0 Å². The third-order valence-electron chi connectivity index (χ3n) is 1.35. The topological polar surface area (TPSA) is 42.0 Å². The van der Waals surface area contributed by atoms with Gasteiger partial charge in [-0.2, -0.15) is 0 Å². The Bertz CT molecular complexity index is 306. The van der Waals surface area contributed by atoms with E-state index >= 15 is 0 Å². The molecule has 0 radical (unpaired) electrons. The van der Waals surface area contributed by atoms with Gasteiger partial charge in [-0.15, -0.1) is 0 Å². The van der Waals surface area contributed by atoms with Crippen LogP contribution in [0.5, 0.6) is 0 Å². The average molecular weight is 203 g/mol. The number of halogens is 2. The Balaban J connectivity index is 2.71. The summed E-state index contributed by atoms with van der Waals surface area (Å²) in [7, 11) is 0. The second-order valence-corrected chi connectivity index (χ2v) is 2.69. The molecule has 0 aromatic carbocycles. The summed E-state index contributed by atoms with van der Waals surface area (Å²) in [6.07, 6.45) is 1.45. The smallest absolute Gasteiger partial charge is 0.271 e. The van der Waals surface area contributed by atoms with E-state index in [0.29, 0.717) is 0 Å². The molecule has 0 spiro atoms. The fraction of sp³-hybridized carbons (Fsp3) is 0.250. The predicted octanol–water partition coefficient (Wildman–Crippen LogP) is 1.43. The molecule has 1 N–H and O–H groups in total. The van der Waals surface area contributed by atoms with Crippen LogP contribution in [-0.2, 0) is 0 Å². The number of aromatic nitrogens is 1. The van der Waals surface area contributed by atoms with E-state index in [-0.39, 0.29) is 17.3 Å². The van der Waals surface area contributed by atoms with Crippen molar-refractivity contribution < 1.29 is 9.18 Å². The highest BCUT2D eigenvalue weighted by Crippen LogP contribution is 2.11. The second kappa shape index (κ2) is 4.77. The van der Waals surface area contributed by atoms with Gasteiger partial charge in [0.25, 0.3) is 5.91 Å². The molecule has 0 aliphatic heterocycles. The first kappa shape index (κ1) is 9.92. The van der Waals surface area contributed by atoms with Crippen LogP contribution in [0.1, 0.15) is 10.5 Å². The zero-order valence-corrected chi connectivity index (χ0v) is 7.51. The molecule has 0 fully saturated rings. The Labute approximate surface area is 79.9 Å². The number of nitrogens with zero attached hydrogens (tertiary/aromatic N) is 1. The number of alkyl halides is 1. The second-order valence-electron chi connectivity index (χ2n) is 2.28. The van der Waals surface area contributed by atoms with Crippen LogP contribution < -0.4 is 5.32 Å². The summed E-state index contributed by atoms with van der Waals surface area (Å²) in [5, 5.41) is 2.59. The van der Waals surface area contributed by atoms with Gasteiger partial charge in [-0.1, -0.05) is 11.6 Å². The summed E-state index contributed by atoms with van der Waals surface area (Å²) in [6.45, 7) is -0.623. The monoisotopic (exact) mass is 202 g/mol. The summed E-state index contributed by atoms with van der Waals surface area (Å²) in [5.74, 6) is -0.455. The van der Waals surface area contributed by atoms with Crippen molar-refractivity contribution in [3.05, 3.63) is 29.0 Å². The van der Waals surface area contributed by atoms with Crippen LogP contribution in [0.2, 0.25) is 5.02 Å². The van der Waals surface area contributed by atoms with Crippen LogP contribution in [0.3, 0.4) is 0 Å². The molecule has 0 saturated heterocycles. The van der Waals surface area contributed by atoms with E-state index in [9.17, 15) is 9.18 Å². The molecule has 3 nitrogen and oxygen atoms in total. The van der Waals surface area contributed by atoms with Crippen molar-refractivity contribution in [1.29, 1.82) is 0 Å². The van der Waals surface area contributed by atoms with Crippen molar-refractivity contribution >= 4 is 17.5 Å². The molecule has 1 aromatic heterocycles. The lowest BCUT2D eigenvalue weighted by atomic mass is 10.3. The van der Waals surface area contributed by atoms with Crippen LogP contribution >= 0.6 is 11.6 Å². The first-order valence-corrected chi connectivity index (χ1v) is 4.08. The molecular weight excluding hydrogens is 195 g/mol. The standard InChI is InChI=1S/C8H8ClFN2O/c9-6-2-1-4-11-7(6)8(13)12-5-3-10/h1-2,4H,3,5H2,(H,12,13). The maximum Gasteiger partial charge on any atom is 0.271 e. The van der Waals surface area contributed by atoms with Gasteiger partial charge in [0.2, 0.25) is 0 Å². The number of hydrogen-bond donors (Lipinski definition) is 1. The van der Waals surface area contributed by atoms with Gasteiger partial charge < -0.3 is 5.32 Å². The van der Waals surface area contributed by atoms with E-state index in [1.807, 2.05) is 0 Å². The Morgan fingerprint density at radius 3 is 3.08 bits per heavy atom. The molecule has 1 heterocycles. The average Bonchev–Trinajstić information content (AvgIpc) is 2.15. The number of nitrogens with one attached hydrogen (secondary N) is 1. The van der Waals surface area contributed by atoms with Crippen LogP contribution in [-0.4, -0.2) is 24.1 Å². The van der Waals surface area contributed by atoms with Crippen molar-refractivity contribution in [1.82, 2.24) is 10.3 Å². The summed E-state index contributed by atoms with van der Waals surface area (Å²) in [4.78, 5) is 15.0. The quantitative estimate of drug-likeness (QED) is 0.806. The summed E-state index contributed by atoms with van der Waals surface area (Å²) >= 11 is 5.68. The van der Waals surface area contributed by atoms with E-state index in [1.165, 1.54) is 6.20 Å². The minimum Gasteiger partial charge on any atom is -0.348 e. The molecule has 0 aliphatic rings. The maximum atomic E-state index is 11.7. The zero-order chi connectivity index (χ0) is 9.68. The molecular formula is C8H8ClFN2O. The predicted molar refractivity (Wildman–Crippen MR) is 47.6 cm³/mol. The first-order valence-electron chi connectivity index (χ1n) is 3.70. The van der Waals surface area contributed by atoms with Crippen LogP contribution in [0.4, 0.5) is 4.39 Å². The molecule has 1 amide bonds. The Morgan fingerprint density at radius 2 is 2.46 bits per heavy atom. The normalized spacial score (nSPS) is 9.69. The zero-order valence-electron chi connectivity index (χ0n) is 6.76. The molecule has 0 atom stereocenters. The molecule has 0 aliphatic carbocycles. The van der Waals surface area contributed by atoms with Crippen LogP contribution in [0.25, 0.3) is 0 Å². The van der Waals surface area contributed by atoms with Crippen molar-refractivity contribution in [2.75, 3.05) is 13.2 Å². The van der Waals surface area contributed by atoms with Gasteiger partial charge in [-0.05, 0) is 12.1 Å². The number of carbonyl (C=O) groups excluding carboxylic acids is 1. The molecule has 5 heteroatoms. The number of hydrogen-bond acceptors (Lipinski definition) is 2. The largest absolute Gasteiger partial charge is 0.348 e. The molecule has 0 bridgehead atoms. The van der Waals surface area contributed by atoms with E-state index in [4.69, 9.17) is 11.6 Å². The lowest BCUT2D eigenvalue weighted by Crippen LogP contribution is -2.26. The van der Waals surface area contributed by atoms with Crippen molar-refractivity contribution in [3.8, 4) is 0 Å². The number of rotatable bonds is 3. The summed E-state index contributed by atoms with van der Waals surface area (Å²) in [5.41, 5.74) is 0.123. The van der Waals surface area contributed by atoms with Crippen molar-refractivity contribution in [2.45, 2.75) is 0 Å². The van der Waals surface area contributed by atoms with Crippen LogP contribution in [0, 0.1) is 0 Å². The number of amides is 1. The third-order valence-corrected chi connectivity index (χ3v) is 1.66. The van der Waals surface area contributed by atoms with Gasteiger partial charge >= 0.3 is 0 Å². The third kappa shape index (κ3) is 2.66. The maximum absolute atomic E-state index is 11.7. The molecule has 1 rings (SSSR count). The van der Waals surface area contributed by atoms with Gasteiger partial charge in [0, 0.05) is 12.7 Å². The van der Waals surface area contributed by atoms with Crippen LogP contribution in [0.15, 0.2) is 18.3 Å². The molecule has 70 valence electrons. The summed E-state index contributed by atoms with van der Waals surface area (Å²) < 4.78 is 11.7. The van der Waals surface area contributed by atoms with Gasteiger partial charge in [0.1, 0.15) is 12.4 Å². The Kier molecular flexibility index (Phi) is 3.64. The fourth-order valence-corrected chi connectivity index (χ4v) is 1.00. The van der Waals surface area contributed by atoms with E-state index < -0.39 is 12.6 Å². The van der Waals surface area contributed by atoms with Crippen molar-refractivity contribution in [2.24, 2.45) is 0 Å². The van der Waals surface area contributed by atoms with E-state index in [0.717, 1.165) is 0 Å². The van der Waals surface area contributed by atoms with Gasteiger partial charge in [0.05, 0.1) is 5.02 Å². The highest BCUT2D eigenvalue weighted by Gasteiger charge is 2.09. The first-order chi connectivity index (χ1) is 6.25. The highest BCUT2D eigenvalue weighted by molar-refractivity contribution is 6.33. The highest BCUT2D eigenvalue weighted by atomic mass is 35.5. The van der Waals surface area contributed by atoms with Gasteiger partial charge in [-0.3, -0.25) is 4.79 Å². The lowest BCUT2D eigenvalue weighted by molar-refractivity contribution is 0.0946. The van der Waals surface area contributed by atoms with E-state index in [2.05, 4.69) is 10.3 Å². The summed E-state index contributed by atoms with van der Waals surface area (Å²) in [6, 6.07) is 3.17. The molecule has 1 aromatic rings. The lowest BCUT2D eigenvalue weighted by Gasteiger charge is -2.02. The fourth-order valence-electron chi connectivity index (χ4n) is 0.797. The SMILES string of the molecule is O=C(NCCF)c1ncccc1Cl.